The largest absolute Gasteiger partial charge is 0.494 e. The third kappa shape index (κ3) is 3.60. The average molecular weight is 328 g/mol. The molecule has 4 heteroatoms. The van der Waals surface area contributed by atoms with Gasteiger partial charge in [0.15, 0.2) is 11.6 Å². The van der Waals surface area contributed by atoms with Crippen LogP contribution in [0, 0.1) is 12.7 Å². The van der Waals surface area contributed by atoms with Crippen LogP contribution in [0.15, 0.2) is 42.5 Å². The van der Waals surface area contributed by atoms with Crippen LogP contribution in [0.1, 0.15) is 29.2 Å². The minimum absolute atomic E-state index is 0.0616. The van der Waals surface area contributed by atoms with E-state index in [0.717, 1.165) is 38.2 Å². The maximum absolute atomic E-state index is 14.3. The molecule has 1 saturated heterocycles. The van der Waals surface area contributed by atoms with Crippen molar-refractivity contribution in [2.24, 2.45) is 0 Å². The van der Waals surface area contributed by atoms with Crippen molar-refractivity contribution in [1.29, 1.82) is 0 Å². The van der Waals surface area contributed by atoms with Crippen molar-refractivity contribution in [1.82, 2.24) is 10.2 Å². The van der Waals surface area contributed by atoms with E-state index in [1.807, 2.05) is 6.07 Å². The van der Waals surface area contributed by atoms with Gasteiger partial charge >= 0.3 is 0 Å². The molecule has 1 atom stereocenters. The molecule has 128 valence electrons. The molecule has 1 aliphatic heterocycles. The standard InChI is InChI=1S/C20H25FN2O/c1-15-6-3-4-7-17(15)20(23-12-5-10-22-11-13-23)16-8-9-19(24-2)18(21)14-16/h3-4,6-9,14,20,22H,5,10-13H2,1-2H3. The number of hydrogen-bond donors (Lipinski definition) is 1. The molecule has 0 bridgehead atoms. The predicted octanol–water partition coefficient (Wildman–Crippen LogP) is 3.53. The topological polar surface area (TPSA) is 24.5 Å². The highest BCUT2D eigenvalue weighted by Gasteiger charge is 2.25. The summed E-state index contributed by atoms with van der Waals surface area (Å²) in [6.45, 7) is 6.07. The summed E-state index contributed by atoms with van der Waals surface area (Å²) in [5.74, 6) is -0.0126. The number of nitrogens with one attached hydrogen (secondary N) is 1. The summed E-state index contributed by atoms with van der Waals surface area (Å²) < 4.78 is 19.4. The Bertz CT molecular complexity index is 681. The number of halogens is 1. The fourth-order valence-electron chi connectivity index (χ4n) is 3.46. The van der Waals surface area contributed by atoms with Gasteiger partial charge < -0.3 is 10.1 Å². The number of hydrogen-bond acceptors (Lipinski definition) is 3. The highest BCUT2D eigenvalue weighted by Crippen LogP contribution is 2.33. The Kier molecular flexibility index (Phi) is 5.48. The highest BCUT2D eigenvalue weighted by atomic mass is 19.1. The third-order valence-electron chi connectivity index (χ3n) is 4.71. The summed E-state index contributed by atoms with van der Waals surface area (Å²) >= 11 is 0. The van der Waals surface area contributed by atoms with E-state index < -0.39 is 0 Å². The molecule has 0 amide bonds. The van der Waals surface area contributed by atoms with Crippen molar-refractivity contribution >= 4 is 0 Å². The van der Waals surface area contributed by atoms with Crippen LogP contribution in [0.5, 0.6) is 5.75 Å². The Balaban J connectivity index is 2.04. The molecule has 0 aromatic heterocycles. The number of benzene rings is 2. The second-order valence-electron chi connectivity index (χ2n) is 6.29. The molecular weight excluding hydrogens is 303 g/mol. The molecular formula is C20H25FN2O. The number of aryl methyl sites for hydroxylation is 1. The zero-order valence-electron chi connectivity index (χ0n) is 14.4. The Morgan fingerprint density at radius 1 is 1.12 bits per heavy atom. The van der Waals surface area contributed by atoms with E-state index in [4.69, 9.17) is 4.74 Å². The summed E-state index contributed by atoms with van der Waals surface area (Å²) in [4.78, 5) is 2.45. The van der Waals surface area contributed by atoms with Crippen molar-refractivity contribution in [2.45, 2.75) is 19.4 Å². The molecule has 2 aromatic rings. The Labute approximate surface area is 143 Å². The van der Waals surface area contributed by atoms with Crippen molar-refractivity contribution in [3.8, 4) is 5.75 Å². The molecule has 1 unspecified atom stereocenters. The SMILES string of the molecule is COc1ccc(C(c2ccccc2C)N2CCCNCC2)cc1F. The lowest BCUT2D eigenvalue weighted by Crippen LogP contribution is -2.33. The molecule has 1 aliphatic rings. The molecule has 0 radical (unpaired) electrons. The molecule has 3 nitrogen and oxygen atoms in total. The van der Waals surface area contributed by atoms with Crippen molar-refractivity contribution in [3.05, 3.63) is 65.0 Å². The number of nitrogens with zero attached hydrogens (tertiary/aromatic N) is 1. The second-order valence-corrected chi connectivity index (χ2v) is 6.29. The van der Waals surface area contributed by atoms with Gasteiger partial charge in [-0.15, -0.1) is 0 Å². The summed E-state index contributed by atoms with van der Waals surface area (Å²) in [6.07, 6.45) is 1.10. The fraction of sp³-hybridized carbons (Fsp3) is 0.400. The molecule has 1 N–H and O–H groups in total. The summed E-state index contributed by atoms with van der Waals surface area (Å²) in [7, 11) is 1.50. The van der Waals surface area contributed by atoms with Crippen LogP contribution in [0.25, 0.3) is 0 Å². The van der Waals surface area contributed by atoms with Gasteiger partial charge in [0.1, 0.15) is 0 Å². The Morgan fingerprint density at radius 2 is 1.96 bits per heavy atom. The lowest BCUT2D eigenvalue weighted by Gasteiger charge is -2.32. The van der Waals surface area contributed by atoms with Gasteiger partial charge in [0.25, 0.3) is 0 Å². The first kappa shape index (κ1) is 16.9. The molecule has 0 spiro atoms. The van der Waals surface area contributed by atoms with Gasteiger partial charge in [0, 0.05) is 19.6 Å². The predicted molar refractivity (Wildman–Crippen MR) is 95.0 cm³/mol. The van der Waals surface area contributed by atoms with Crippen LogP contribution in [0.4, 0.5) is 4.39 Å². The van der Waals surface area contributed by atoms with E-state index in [9.17, 15) is 4.39 Å². The first-order chi connectivity index (χ1) is 11.7. The van der Waals surface area contributed by atoms with E-state index >= 15 is 0 Å². The van der Waals surface area contributed by atoms with E-state index in [-0.39, 0.29) is 11.9 Å². The Morgan fingerprint density at radius 3 is 2.71 bits per heavy atom. The minimum atomic E-state index is -0.304. The van der Waals surface area contributed by atoms with Crippen LogP contribution in [0.2, 0.25) is 0 Å². The van der Waals surface area contributed by atoms with Gasteiger partial charge in [-0.1, -0.05) is 30.3 Å². The maximum atomic E-state index is 14.3. The van der Waals surface area contributed by atoms with Gasteiger partial charge in [-0.25, -0.2) is 4.39 Å². The second kappa shape index (κ2) is 7.77. The number of rotatable bonds is 4. The zero-order chi connectivity index (χ0) is 16.9. The average Bonchev–Trinajstić information content (AvgIpc) is 2.86. The molecule has 3 rings (SSSR count). The minimum Gasteiger partial charge on any atom is -0.494 e. The number of methoxy groups -OCH3 is 1. The summed E-state index contributed by atoms with van der Waals surface area (Å²) in [5.41, 5.74) is 3.45. The van der Waals surface area contributed by atoms with Crippen molar-refractivity contribution in [2.75, 3.05) is 33.3 Å². The van der Waals surface area contributed by atoms with Crippen molar-refractivity contribution < 1.29 is 9.13 Å². The van der Waals surface area contributed by atoms with Gasteiger partial charge in [-0.05, 0) is 48.7 Å². The molecule has 0 saturated carbocycles. The molecule has 2 aromatic carbocycles. The van der Waals surface area contributed by atoms with Gasteiger partial charge in [-0.2, -0.15) is 0 Å². The van der Waals surface area contributed by atoms with E-state index in [1.165, 1.54) is 18.2 Å². The van der Waals surface area contributed by atoms with E-state index in [0.29, 0.717) is 5.75 Å². The normalized spacial score (nSPS) is 17.3. The monoisotopic (exact) mass is 328 g/mol. The highest BCUT2D eigenvalue weighted by molar-refractivity contribution is 5.39. The van der Waals surface area contributed by atoms with E-state index in [1.54, 1.807) is 12.1 Å². The third-order valence-corrected chi connectivity index (χ3v) is 4.71. The smallest absolute Gasteiger partial charge is 0.165 e. The van der Waals surface area contributed by atoms with Gasteiger partial charge in [0.05, 0.1) is 13.2 Å². The van der Waals surface area contributed by atoms with Crippen LogP contribution >= 0.6 is 0 Å². The van der Waals surface area contributed by atoms with Crippen LogP contribution in [0.3, 0.4) is 0 Å². The van der Waals surface area contributed by atoms with E-state index in [2.05, 4.69) is 41.4 Å². The van der Waals surface area contributed by atoms with Gasteiger partial charge in [-0.3, -0.25) is 4.90 Å². The van der Waals surface area contributed by atoms with Crippen LogP contribution in [-0.2, 0) is 0 Å². The quantitative estimate of drug-likeness (QED) is 0.929. The molecule has 1 fully saturated rings. The first-order valence-corrected chi connectivity index (χ1v) is 8.54. The molecule has 0 aliphatic carbocycles. The number of ether oxygens (including phenoxy) is 1. The lowest BCUT2D eigenvalue weighted by atomic mass is 9.93. The van der Waals surface area contributed by atoms with Crippen molar-refractivity contribution in [3.63, 3.8) is 0 Å². The lowest BCUT2D eigenvalue weighted by molar-refractivity contribution is 0.240. The fourth-order valence-corrected chi connectivity index (χ4v) is 3.46. The van der Waals surface area contributed by atoms with Crippen LogP contribution < -0.4 is 10.1 Å². The summed E-state index contributed by atoms with van der Waals surface area (Å²) in [5, 5.41) is 3.44. The maximum Gasteiger partial charge on any atom is 0.165 e. The molecule has 1 heterocycles. The molecule has 24 heavy (non-hydrogen) atoms. The Hall–Kier alpha value is -1.91. The summed E-state index contributed by atoms with van der Waals surface area (Å²) in [6, 6.07) is 13.8. The first-order valence-electron chi connectivity index (χ1n) is 8.54. The van der Waals surface area contributed by atoms with Gasteiger partial charge in [0.2, 0.25) is 0 Å². The zero-order valence-corrected chi connectivity index (χ0v) is 14.4. The van der Waals surface area contributed by atoms with Crippen LogP contribution in [-0.4, -0.2) is 38.2 Å².